The summed E-state index contributed by atoms with van der Waals surface area (Å²) in [5, 5.41) is 1.91. The number of imidazole rings is 1. The molecule has 0 unspecified atom stereocenters. The zero-order valence-corrected chi connectivity index (χ0v) is 19.4. The zero-order chi connectivity index (χ0) is 22.4. The van der Waals surface area contributed by atoms with Gasteiger partial charge in [0, 0.05) is 10.8 Å². The van der Waals surface area contributed by atoms with Gasteiger partial charge in [-0.1, -0.05) is 52.0 Å². The smallest absolute Gasteiger partial charge is 0.243 e. The summed E-state index contributed by atoms with van der Waals surface area (Å²) in [6, 6.07) is 9.91. The highest BCUT2D eigenvalue weighted by Crippen LogP contribution is 2.37. The Morgan fingerprint density at radius 1 is 1.00 bits per heavy atom. The van der Waals surface area contributed by atoms with E-state index >= 15 is 0 Å². The van der Waals surface area contributed by atoms with Gasteiger partial charge < -0.3 is 9.47 Å². The van der Waals surface area contributed by atoms with Gasteiger partial charge in [-0.3, -0.25) is 4.79 Å². The number of carbonyl (C=O) groups is 1. The molecule has 3 rings (SSSR count). The quantitative estimate of drug-likeness (QED) is 0.315. The molecule has 0 N–H and O–H groups in total. The van der Waals surface area contributed by atoms with Crippen LogP contribution in [0.15, 0.2) is 49.1 Å². The number of hydrogen-bond acceptors (Lipinski definition) is 3. The summed E-state index contributed by atoms with van der Waals surface area (Å²) in [5.74, 6) is 2.50. The minimum Gasteiger partial charge on any atom is -0.493 e. The number of ketones is 1. The van der Waals surface area contributed by atoms with Crippen LogP contribution >= 0.6 is 0 Å². The van der Waals surface area contributed by atoms with E-state index in [1.165, 1.54) is 0 Å². The summed E-state index contributed by atoms with van der Waals surface area (Å²) in [6.07, 6.45) is 7.62. The van der Waals surface area contributed by atoms with E-state index in [0.717, 1.165) is 29.4 Å². The van der Waals surface area contributed by atoms with E-state index < -0.39 is 0 Å². The fraction of sp³-hybridized carbons (Fsp3) is 0.462. The Kier molecular flexibility index (Phi) is 7.72. The molecule has 3 aromatic rings. The molecule has 0 aliphatic carbocycles. The van der Waals surface area contributed by atoms with Crippen molar-refractivity contribution in [2.45, 2.75) is 47.1 Å². The lowest BCUT2D eigenvalue weighted by molar-refractivity contribution is -0.671. The van der Waals surface area contributed by atoms with E-state index in [2.05, 4.69) is 27.7 Å². The van der Waals surface area contributed by atoms with Gasteiger partial charge in [0.25, 0.3) is 0 Å². The van der Waals surface area contributed by atoms with Crippen molar-refractivity contribution < 1.29 is 18.8 Å². The molecule has 0 aliphatic rings. The second kappa shape index (κ2) is 10.5. The van der Waals surface area contributed by atoms with Crippen molar-refractivity contribution in [2.24, 2.45) is 18.9 Å². The number of Topliss-reactive ketones (excluding diaryl/α,β-unsaturated/α-hetero) is 1. The molecule has 0 bridgehead atoms. The maximum atomic E-state index is 13.4. The van der Waals surface area contributed by atoms with Crippen LogP contribution in [0.1, 0.15) is 50.9 Å². The lowest BCUT2D eigenvalue weighted by Gasteiger charge is -2.18. The summed E-state index contributed by atoms with van der Waals surface area (Å²) in [4.78, 5) is 13.4. The van der Waals surface area contributed by atoms with Crippen molar-refractivity contribution in [2.75, 3.05) is 13.2 Å². The Bertz CT molecular complexity index is 1020. The molecular weight excluding hydrogens is 388 g/mol. The maximum Gasteiger partial charge on any atom is 0.243 e. The van der Waals surface area contributed by atoms with E-state index in [1.807, 2.05) is 65.2 Å². The van der Waals surface area contributed by atoms with E-state index in [9.17, 15) is 4.79 Å². The highest BCUT2D eigenvalue weighted by molar-refractivity contribution is 6.06. The monoisotopic (exact) mass is 423 g/mol. The topological polar surface area (TPSA) is 44.3 Å². The van der Waals surface area contributed by atoms with E-state index in [0.29, 0.717) is 36.4 Å². The number of aryl methyl sites for hydroxylation is 1. The van der Waals surface area contributed by atoms with Crippen molar-refractivity contribution in [1.82, 2.24) is 4.57 Å². The second-order valence-electron chi connectivity index (χ2n) is 9.03. The summed E-state index contributed by atoms with van der Waals surface area (Å²) in [7, 11) is 1.94. The first-order valence-corrected chi connectivity index (χ1v) is 11.2. The highest BCUT2D eigenvalue weighted by atomic mass is 16.5. The van der Waals surface area contributed by atoms with Gasteiger partial charge in [-0.2, -0.15) is 0 Å². The van der Waals surface area contributed by atoms with Gasteiger partial charge in [0.2, 0.25) is 12.1 Å². The van der Waals surface area contributed by atoms with Gasteiger partial charge in [0.1, 0.15) is 23.9 Å². The Morgan fingerprint density at radius 2 is 1.65 bits per heavy atom. The van der Waals surface area contributed by atoms with E-state index in [1.54, 1.807) is 0 Å². The summed E-state index contributed by atoms with van der Waals surface area (Å²) in [6.45, 7) is 10.2. The number of ether oxygens (including phenoxy) is 2. The SMILES string of the molecule is CC(C)CCOc1cc(C(=O)Cn2cc[n+](C)c2)c(OCCC(C)C)c2ccccc12. The standard InChI is InChI=1S/C26H35N2O3/c1-19(2)10-14-30-25-16-23(24(29)17-28-13-12-27(5)18-28)26(31-15-11-20(3)4)22-9-7-6-8-21(22)25/h6-9,12-13,16,18-20H,10-11,14-15,17H2,1-5H3/q+1. The van der Waals surface area contributed by atoms with Gasteiger partial charge >= 0.3 is 0 Å². The lowest BCUT2D eigenvalue weighted by Crippen LogP contribution is -2.24. The Balaban J connectivity index is 2.01. The van der Waals surface area contributed by atoms with Crippen molar-refractivity contribution >= 4 is 16.6 Å². The molecule has 5 heteroatoms. The predicted molar refractivity (Wildman–Crippen MR) is 124 cm³/mol. The van der Waals surface area contributed by atoms with Crippen LogP contribution in [0.5, 0.6) is 11.5 Å². The third-order valence-corrected chi connectivity index (χ3v) is 5.30. The predicted octanol–water partition coefficient (Wildman–Crippen LogP) is 5.20. The Labute approximate surface area is 185 Å². The van der Waals surface area contributed by atoms with Crippen molar-refractivity contribution in [3.63, 3.8) is 0 Å². The number of fused-ring (bicyclic) bond motifs is 1. The fourth-order valence-electron chi connectivity index (χ4n) is 3.45. The van der Waals surface area contributed by atoms with Crippen LogP contribution < -0.4 is 14.0 Å². The summed E-state index contributed by atoms with van der Waals surface area (Å²) in [5.41, 5.74) is 0.582. The summed E-state index contributed by atoms with van der Waals surface area (Å²) >= 11 is 0. The molecule has 5 nitrogen and oxygen atoms in total. The Hall–Kier alpha value is -2.82. The van der Waals surface area contributed by atoms with E-state index in [-0.39, 0.29) is 12.3 Å². The van der Waals surface area contributed by atoms with Gasteiger partial charge in [-0.05, 0) is 30.7 Å². The molecule has 166 valence electrons. The van der Waals surface area contributed by atoms with Crippen LogP contribution in [0.4, 0.5) is 0 Å². The number of hydrogen-bond donors (Lipinski definition) is 0. The van der Waals surface area contributed by atoms with Crippen LogP contribution in [0, 0.1) is 11.8 Å². The van der Waals surface area contributed by atoms with Crippen molar-refractivity contribution in [1.29, 1.82) is 0 Å². The second-order valence-corrected chi connectivity index (χ2v) is 9.03. The maximum absolute atomic E-state index is 13.4. The number of rotatable bonds is 11. The molecule has 0 saturated heterocycles. The third kappa shape index (κ3) is 6.09. The van der Waals surface area contributed by atoms with Crippen LogP contribution in [0.2, 0.25) is 0 Å². The average Bonchev–Trinajstić information content (AvgIpc) is 3.13. The molecule has 0 spiro atoms. The minimum atomic E-state index is 0.00945. The zero-order valence-electron chi connectivity index (χ0n) is 19.4. The first kappa shape index (κ1) is 22.9. The molecule has 31 heavy (non-hydrogen) atoms. The van der Waals surface area contributed by atoms with Gasteiger partial charge in [0.05, 0.1) is 25.8 Å². The molecule has 0 saturated carbocycles. The molecule has 0 aliphatic heterocycles. The van der Waals surface area contributed by atoms with Crippen molar-refractivity contribution in [3.8, 4) is 11.5 Å². The number of carbonyl (C=O) groups excluding carboxylic acids is 1. The molecule has 1 heterocycles. The molecule has 2 aromatic carbocycles. The first-order valence-electron chi connectivity index (χ1n) is 11.2. The van der Waals surface area contributed by atoms with Gasteiger partial charge in [-0.25, -0.2) is 9.13 Å². The minimum absolute atomic E-state index is 0.00945. The first-order chi connectivity index (χ1) is 14.8. The third-order valence-electron chi connectivity index (χ3n) is 5.30. The molecule has 0 amide bonds. The fourth-order valence-corrected chi connectivity index (χ4v) is 3.45. The van der Waals surface area contributed by atoms with Gasteiger partial charge in [0.15, 0.2) is 6.54 Å². The Morgan fingerprint density at radius 3 is 2.26 bits per heavy atom. The van der Waals surface area contributed by atoms with Crippen LogP contribution in [-0.2, 0) is 13.6 Å². The molecule has 0 fully saturated rings. The normalized spacial score (nSPS) is 11.5. The molecular formula is C26H35N2O3+. The van der Waals surface area contributed by atoms with Crippen molar-refractivity contribution in [3.05, 3.63) is 54.6 Å². The summed E-state index contributed by atoms with van der Waals surface area (Å²) < 4.78 is 16.2. The van der Waals surface area contributed by atoms with Crippen LogP contribution in [-0.4, -0.2) is 23.6 Å². The number of benzene rings is 2. The number of nitrogens with zero attached hydrogens (tertiary/aromatic N) is 2. The molecule has 0 radical (unpaired) electrons. The molecule has 1 aromatic heterocycles. The highest BCUT2D eigenvalue weighted by Gasteiger charge is 2.21. The lowest BCUT2D eigenvalue weighted by atomic mass is 10.0. The molecule has 0 atom stereocenters. The van der Waals surface area contributed by atoms with E-state index in [4.69, 9.17) is 9.47 Å². The average molecular weight is 424 g/mol. The van der Waals surface area contributed by atoms with Gasteiger partial charge in [-0.15, -0.1) is 0 Å². The number of aromatic nitrogens is 2. The van der Waals surface area contributed by atoms with Crippen LogP contribution in [0.25, 0.3) is 10.8 Å². The largest absolute Gasteiger partial charge is 0.493 e. The van der Waals surface area contributed by atoms with Crippen LogP contribution in [0.3, 0.4) is 0 Å².